The fourth-order valence-electron chi connectivity index (χ4n) is 4.26. The minimum atomic E-state index is 0.200. The van der Waals surface area contributed by atoms with E-state index in [2.05, 4.69) is 46.3 Å². The van der Waals surface area contributed by atoms with E-state index >= 15 is 0 Å². The molecule has 0 N–H and O–H groups in total. The topological polar surface area (TPSA) is 58.7 Å². The van der Waals surface area contributed by atoms with Gasteiger partial charge in [-0.15, -0.1) is 0 Å². The number of anilines is 1. The number of pyridine rings is 1. The first kappa shape index (κ1) is 19.4. The molecule has 158 valence electrons. The number of fused-ring (bicyclic) bond motifs is 1. The summed E-state index contributed by atoms with van der Waals surface area (Å²) >= 11 is 0. The summed E-state index contributed by atoms with van der Waals surface area (Å²) in [4.78, 5) is 17.0. The number of hydrogen-bond acceptors (Lipinski definition) is 4. The normalized spacial score (nSPS) is 14.4. The van der Waals surface area contributed by atoms with E-state index in [9.17, 15) is 4.79 Å². The highest BCUT2D eigenvalue weighted by molar-refractivity contribution is 5.80. The second-order valence-electron chi connectivity index (χ2n) is 8.21. The molecule has 0 unspecified atom stereocenters. The predicted octanol–water partition coefficient (Wildman–Crippen LogP) is 2.93. The van der Waals surface area contributed by atoms with Crippen molar-refractivity contribution in [3.8, 4) is 11.1 Å². The molecule has 4 aromatic rings. The van der Waals surface area contributed by atoms with Gasteiger partial charge in [0.1, 0.15) is 0 Å². The van der Waals surface area contributed by atoms with Crippen molar-refractivity contribution in [2.45, 2.75) is 13.3 Å². The molecule has 4 heterocycles. The summed E-state index contributed by atoms with van der Waals surface area (Å²) in [7, 11) is 1.92. The van der Waals surface area contributed by atoms with Gasteiger partial charge in [0.05, 0.1) is 30.0 Å². The highest BCUT2D eigenvalue weighted by Crippen LogP contribution is 2.26. The SMILES string of the molecule is Cc1cccc(CC(=O)N2CCN(c3cnn4cc(-c5cnn(C)c5)ccc34)CC2)c1. The molecule has 1 aliphatic heterocycles. The molecule has 1 aliphatic rings. The molecule has 0 atom stereocenters. The number of rotatable bonds is 4. The molecule has 7 nitrogen and oxygen atoms in total. The van der Waals surface area contributed by atoms with Gasteiger partial charge in [0.25, 0.3) is 0 Å². The molecule has 1 aromatic carbocycles. The standard InChI is InChI=1S/C24H26N6O/c1-18-4-3-5-19(12-18)13-24(31)29-10-8-28(9-11-29)23-15-26-30-17-20(6-7-22(23)30)21-14-25-27(2)16-21/h3-7,12,14-17H,8-11,13H2,1-2H3. The Kier molecular flexibility index (Phi) is 4.94. The number of aromatic nitrogens is 4. The van der Waals surface area contributed by atoms with Gasteiger partial charge in [0, 0.05) is 56.7 Å². The molecular weight excluding hydrogens is 388 g/mol. The van der Waals surface area contributed by atoms with Crippen molar-refractivity contribution in [2.24, 2.45) is 7.05 Å². The lowest BCUT2D eigenvalue weighted by Crippen LogP contribution is -2.49. The Hall–Kier alpha value is -3.61. The average molecular weight is 415 g/mol. The van der Waals surface area contributed by atoms with Gasteiger partial charge in [-0.25, -0.2) is 4.52 Å². The minimum absolute atomic E-state index is 0.200. The van der Waals surface area contributed by atoms with Crippen LogP contribution in [-0.2, 0) is 18.3 Å². The molecule has 0 bridgehead atoms. The lowest BCUT2D eigenvalue weighted by molar-refractivity contribution is -0.130. The summed E-state index contributed by atoms with van der Waals surface area (Å²) in [6.07, 6.45) is 8.29. The van der Waals surface area contributed by atoms with Crippen molar-refractivity contribution >= 4 is 17.1 Å². The number of nitrogens with zero attached hydrogens (tertiary/aromatic N) is 6. The number of amides is 1. The van der Waals surface area contributed by atoms with Gasteiger partial charge >= 0.3 is 0 Å². The third-order valence-electron chi connectivity index (χ3n) is 5.94. The van der Waals surface area contributed by atoms with Crippen LogP contribution in [0.4, 0.5) is 5.69 Å². The van der Waals surface area contributed by atoms with Crippen molar-refractivity contribution in [3.05, 3.63) is 72.3 Å². The molecule has 0 spiro atoms. The molecule has 0 radical (unpaired) electrons. The number of carbonyl (C=O) groups is 1. The molecule has 31 heavy (non-hydrogen) atoms. The second-order valence-corrected chi connectivity index (χ2v) is 8.21. The van der Waals surface area contributed by atoms with Crippen LogP contribution in [0.2, 0.25) is 0 Å². The zero-order valence-corrected chi connectivity index (χ0v) is 17.9. The number of piperazine rings is 1. The zero-order chi connectivity index (χ0) is 21.4. The smallest absolute Gasteiger partial charge is 0.227 e. The Morgan fingerprint density at radius 2 is 1.81 bits per heavy atom. The van der Waals surface area contributed by atoms with E-state index in [1.54, 1.807) is 4.68 Å². The predicted molar refractivity (Wildman–Crippen MR) is 121 cm³/mol. The Labute approximate surface area is 181 Å². The molecule has 5 rings (SSSR count). The average Bonchev–Trinajstić information content (AvgIpc) is 3.39. The van der Waals surface area contributed by atoms with Crippen molar-refractivity contribution < 1.29 is 4.79 Å². The van der Waals surface area contributed by atoms with E-state index in [4.69, 9.17) is 0 Å². The fourth-order valence-corrected chi connectivity index (χ4v) is 4.26. The summed E-state index contributed by atoms with van der Waals surface area (Å²) in [6.45, 7) is 5.14. The Morgan fingerprint density at radius 3 is 2.55 bits per heavy atom. The maximum atomic E-state index is 12.7. The van der Waals surface area contributed by atoms with Crippen LogP contribution in [0.5, 0.6) is 0 Å². The number of benzene rings is 1. The molecule has 0 saturated carbocycles. The van der Waals surface area contributed by atoms with Crippen LogP contribution in [0, 0.1) is 6.92 Å². The van der Waals surface area contributed by atoms with Gasteiger partial charge in [-0.3, -0.25) is 9.48 Å². The van der Waals surface area contributed by atoms with Crippen molar-refractivity contribution in [1.82, 2.24) is 24.3 Å². The molecule has 1 amide bonds. The van der Waals surface area contributed by atoms with E-state index in [1.807, 2.05) is 53.4 Å². The van der Waals surface area contributed by atoms with Gasteiger partial charge in [0.15, 0.2) is 0 Å². The van der Waals surface area contributed by atoms with E-state index in [0.717, 1.165) is 54.1 Å². The van der Waals surface area contributed by atoms with Crippen LogP contribution < -0.4 is 4.90 Å². The highest BCUT2D eigenvalue weighted by Gasteiger charge is 2.23. The summed E-state index contributed by atoms with van der Waals surface area (Å²) in [5, 5.41) is 8.82. The largest absolute Gasteiger partial charge is 0.365 e. The Bertz CT molecular complexity index is 1230. The second kappa shape index (κ2) is 7.91. The summed E-state index contributed by atoms with van der Waals surface area (Å²) in [5.41, 5.74) is 6.62. The van der Waals surface area contributed by atoms with Crippen LogP contribution in [0.25, 0.3) is 16.6 Å². The third-order valence-corrected chi connectivity index (χ3v) is 5.94. The monoisotopic (exact) mass is 414 g/mol. The number of hydrogen-bond donors (Lipinski definition) is 0. The van der Waals surface area contributed by atoms with Crippen LogP contribution in [0.1, 0.15) is 11.1 Å². The number of aryl methyl sites for hydroxylation is 2. The van der Waals surface area contributed by atoms with E-state index in [-0.39, 0.29) is 5.91 Å². The first-order chi connectivity index (χ1) is 15.1. The van der Waals surface area contributed by atoms with Crippen LogP contribution in [0.15, 0.2) is 61.2 Å². The lowest BCUT2D eigenvalue weighted by atomic mass is 10.1. The molecule has 1 saturated heterocycles. The molecular formula is C24H26N6O. The summed E-state index contributed by atoms with van der Waals surface area (Å²) < 4.78 is 3.72. The lowest BCUT2D eigenvalue weighted by Gasteiger charge is -2.35. The maximum Gasteiger partial charge on any atom is 0.227 e. The van der Waals surface area contributed by atoms with Gasteiger partial charge in [0.2, 0.25) is 5.91 Å². The zero-order valence-electron chi connectivity index (χ0n) is 17.9. The molecule has 1 fully saturated rings. The number of carbonyl (C=O) groups excluding carboxylic acids is 1. The van der Waals surface area contributed by atoms with Crippen LogP contribution in [0.3, 0.4) is 0 Å². The first-order valence-electron chi connectivity index (χ1n) is 10.6. The third kappa shape index (κ3) is 3.91. The van der Waals surface area contributed by atoms with Crippen LogP contribution >= 0.6 is 0 Å². The van der Waals surface area contributed by atoms with Crippen LogP contribution in [-0.4, -0.2) is 56.4 Å². The van der Waals surface area contributed by atoms with Gasteiger partial charge < -0.3 is 9.80 Å². The Morgan fingerprint density at radius 1 is 0.968 bits per heavy atom. The minimum Gasteiger partial charge on any atom is -0.365 e. The van der Waals surface area contributed by atoms with Crippen molar-refractivity contribution in [2.75, 3.05) is 31.1 Å². The van der Waals surface area contributed by atoms with Gasteiger partial charge in [-0.05, 0) is 18.6 Å². The Balaban J connectivity index is 1.26. The summed E-state index contributed by atoms with van der Waals surface area (Å²) in [5.74, 6) is 0.200. The maximum absolute atomic E-state index is 12.7. The fraction of sp³-hybridized carbons (Fsp3) is 0.292. The van der Waals surface area contributed by atoms with Crippen molar-refractivity contribution in [1.29, 1.82) is 0 Å². The highest BCUT2D eigenvalue weighted by atomic mass is 16.2. The first-order valence-corrected chi connectivity index (χ1v) is 10.6. The summed E-state index contributed by atoms with van der Waals surface area (Å²) in [6, 6.07) is 12.4. The molecule has 3 aromatic heterocycles. The molecule has 0 aliphatic carbocycles. The van der Waals surface area contributed by atoms with E-state index in [1.165, 1.54) is 5.56 Å². The van der Waals surface area contributed by atoms with Gasteiger partial charge in [-0.2, -0.15) is 10.2 Å². The van der Waals surface area contributed by atoms with E-state index < -0.39 is 0 Å². The van der Waals surface area contributed by atoms with Gasteiger partial charge in [-0.1, -0.05) is 35.9 Å². The quantitative estimate of drug-likeness (QED) is 0.515. The van der Waals surface area contributed by atoms with Crippen molar-refractivity contribution in [3.63, 3.8) is 0 Å². The van der Waals surface area contributed by atoms with E-state index in [0.29, 0.717) is 6.42 Å². The molecule has 7 heteroatoms.